The van der Waals surface area contributed by atoms with Crippen LogP contribution in [0.5, 0.6) is 0 Å². The summed E-state index contributed by atoms with van der Waals surface area (Å²) in [7, 11) is 0. The largest absolute Gasteiger partial charge is 0.369 e. The average Bonchev–Trinajstić information content (AvgIpc) is 2.16. The summed E-state index contributed by atoms with van der Waals surface area (Å²) < 4.78 is 1.01. The van der Waals surface area contributed by atoms with Gasteiger partial charge < -0.3 is 11.1 Å². The minimum absolute atomic E-state index is 0.195. The molecule has 0 bridgehead atoms. The molecule has 1 heterocycles. The van der Waals surface area contributed by atoms with Crippen molar-refractivity contribution in [2.75, 3.05) is 18.4 Å². The van der Waals surface area contributed by atoms with Gasteiger partial charge in [0.2, 0.25) is 0 Å². The molecule has 3 nitrogen and oxygen atoms in total. The van der Waals surface area contributed by atoms with Gasteiger partial charge in [0.05, 0.1) is 4.47 Å². The zero-order chi connectivity index (χ0) is 12.2. The summed E-state index contributed by atoms with van der Waals surface area (Å²) in [5.41, 5.74) is 6.93. The van der Waals surface area contributed by atoms with E-state index in [-0.39, 0.29) is 5.41 Å². The van der Waals surface area contributed by atoms with Gasteiger partial charge >= 0.3 is 0 Å². The van der Waals surface area contributed by atoms with Crippen molar-refractivity contribution in [3.8, 4) is 0 Å². The molecule has 0 fully saturated rings. The third kappa shape index (κ3) is 4.10. The first kappa shape index (κ1) is 13.5. The van der Waals surface area contributed by atoms with Gasteiger partial charge in [-0.3, -0.25) is 0 Å². The summed E-state index contributed by atoms with van der Waals surface area (Å²) in [6, 6.07) is 2.06. The quantitative estimate of drug-likeness (QED) is 0.875. The monoisotopic (exact) mass is 285 g/mol. The molecule has 16 heavy (non-hydrogen) atoms. The van der Waals surface area contributed by atoms with Crippen LogP contribution in [0.4, 0.5) is 5.82 Å². The normalized spacial score (nSPS) is 11.6. The summed E-state index contributed by atoms with van der Waals surface area (Å²) in [5.74, 6) is 0.899. The Bertz CT molecular complexity index is 350. The fourth-order valence-corrected chi connectivity index (χ4v) is 2.07. The summed E-state index contributed by atoms with van der Waals surface area (Å²) in [6.07, 6.45) is 2.87. The summed E-state index contributed by atoms with van der Waals surface area (Å²) >= 11 is 3.50. The molecule has 0 aliphatic carbocycles. The third-order valence-electron chi connectivity index (χ3n) is 2.53. The lowest BCUT2D eigenvalue weighted by Crippen LogP contribution is -2.26. The SMILES string of the molecule is Cc1cnc(NCC(C)(C)CCN)c(Br)c1. The van der Waals surface area contributed by atoms with Crippen LogP contribution in [0, 0.1) is 12.3 Å². The predicted molar refractivity (Wildman–Crippen MR) is 72.6 cm³/mol. The Morgan fingerprint density at radius 3 is 2.75 bits per heavy atom. The van der Waals surface area contributed by atoms with Gasteiger partial charge in [0.1, 0.15) is 5.82 Å². The Hall–Kier alpha value is -0.610. The van der Waals surface area contributed by atoms with Gasteiger partial charge in [0.15, 0.2) is 0 Å². The van der Waals surface area contributed by atoms with Crippen molar-refractivity contribution in [3.05, 3.63) is 22.3 Å². The van der Waals surface area contributed by atoms with Crippen LogP contribution < -0.4 is 11.1 Å². The highest BCUT2D eigenvalue weighted by Gasteiger charge is 2.17. The molecule has 0 amide bonds. The van der Waals surface area contributed by atoms with E-state index in [1.807, 2.05) is 13.1 Å². The van der Waals surface area contributed by atoms with E-state index in [9.17, 15) is 0 Å². The average molecular weight is 286 g/mol. The molecule has 1 aromatic heterocycles. The molecule has 90 valence electrons. The van der Waals surface area contributed by atoms with Crippen LogP contribution in [0.3, 0.4) is 0 Å². The van der Waals surface area contributed by atoms with Gasteiger partial charge in [0, 0.05) is 12.7 Å². The summed E-state index contributed by atoms with van der Waals surface area (Å²) in [6.45, 7) is 8.03. The molecule has 0 saturated carbocycles. The van der Waals surface area contributed by atoms with Crippen molar-refractivity contribution >= 4 is 21.7 Å². The Balaban J connectivity index is 2.61. The Kier molecular flexibility index (Phi) is 4.74. The lowest BCUT2D eigenvalue weighted by atomic mass is 9.89. The fourth-order valence-electron chi connectivity index (χ4n) is 1.47. The summed E-state index contributed by atoms with van der Waals surface area (Å²) in [4.78, 5) is 4.35. The molecule has 0 aliphatic rings. The molecule has 0 aromatic carbocycles. The van der Waals surface area contributed by atoms with E-state index in [2.05, 4.69) is 46.1 Å². The molecule has 0 radical (unpaired) electrons. The molecule has 1 aromatic rings. The Morgan fingerprint density at radius 2 is 2.19 bits per heavy atom. The maximum Gasteiger partial charge on any atom is 0.140 e. The number of aromatic nitrogens is 1. The first-order valence-corrected chi connectivity index (χ1v) is 6.30. The lowest BCUT2D eigenvalue weighted by Gasteiger charge is -2.24. The zero-order valence-corrected chi connectivity index (χ0v) is 11.8. The van der Waals surface area contributed by atoms with Crippen molar-refractivity contribution < 1.29 is 0 Å². The van der Waals surface area contributed by atoms with Gasteiger partial charge in [-0.15, -0.1) is 0 Å². The van der Waals surface area contributed by atoms with Crippen LogP contribution in [0.15, 0.2) is 16.7 Å². The number of nitrogens with two attached hydrogens (primary N) is 1. The number of nitrogens with zero attached hydrogens (tertiary/aromatic N) is 1. The maximum atomic E-state index is 5.58. The van der Waals surface area contributed by atoms with Gasteiger partial charge in [0.25, 0.3) is 0 Å². The van der Waals surface area contributed by atoms with E-state index in [0.717, 1.165) is 35.4 Å². The van der Waals surface area contributed by atoms with Crippen molar-refractivity contribution in [2.24, 2.45) is 11.1 Å². The minimum Gasteiger partial charge on any atom is -0.369 e. The predicted octanol–water partition coefficient (Wildman–Crippen LogP) is 2.94. The van der Waals surface area contributed by atoms with Crippen LogP contribution in [0.1, 0.15) is 25.8 Å². The zero-order valence-electron chi connectivity index (χ0n) is 10.2. The van der Waals surface area contributed by atoms with E-state index in [0.29, 0.717) is 0 Å². The van der Waals surface area contributed by atoms with Crippen molar-refractivity contribution in [1.82, 2.24) is 4.98 Å². The molecule has 1 rings (SSSR count). The number of halogens is 1. The number of pyridine rings is 1. The van der Waals surface area contributed by atoms with Crippen LogP contribution in [0.2, 0.25) is 0 Å². The highest BCUT2D eigenvalue weighted by Crippen LogP contribution is 2.24. The fraction of sp³-hybridized carbons (Fsp3) is 0.583. The second kappa shape index (κ2) is 5.64. The maximum absolute atomic E-state index is 5.58. The van der Waals surface area contributed by atoms with Crippen molar-refractivity contribution in [3.63, 3.8) is 0 Å². The van der Waals surface area contributed by atoms with Gasteiger partial charge in [-0.1, -0.05) is 13.8 Å². The van der Waals surface area contributed by atoms with Crippen LogP contribution in [-0.2, 0) is 0 Å². The number of nitrogens with one attached hydrogen (secondary N) is 1. The second-order valence-electron chi connectivity index (χ2n) is 4.90. The van der Waals surface area contributed by atoms with Crippen molar-refractivity contribution in [2.45, 2.75) is 27.2 Å². The van der Waals surface area contributed by atoms with Crippen LogP contribution in [-0.4, -0.2) is 18.1 Å². The second-order valence-corrected chi connectivity index (χ2v) is 5.75. The topological polar surface area (TPSA) is 50.9 Å². The van der Waals surface area contributed by atoms with Crippen molar-refractivity contribution in [1.29, 1.82) is 0 Å². The molecule has 0 saturated heterocycles. The van der Waals surface area contributed by atoms with E-state index in [1.54, 1.807) is 0 Å². The number of hydrogen-bond acceptors (Lipinski definition) is 3. The standard InChI is InChI=1S/C12H20BrN3/c1-9-6-10(13)11(15-7-9)16-8-12(2,3)4-5-14/h6-7H,4-5,8,14H2,1-3H3,(H,15,16). The third-order valence-corrected chi connectivity index (χ3v) is 3.14. The number of hydrogen-bond donors (Lipinski definition) is 2. The van der Waals surface area contributed by atoms with E-state index in [4.69, 9.17) is 5.73 Å². The first-order chi connectivity index (χ1) is 7.44. The molecular weight excluding hydrogens is 266 g/mol. The Labute approximate surface area is 106 Å². The first-order valence-electron chi connectivity index (χ1n) is 5.51. The van der Waals surface area contributed by atoms with E-state index < -0.39 is 0 Å². The number of aryl methyl sites for hydroxylation is 1. The highest BCUT2D eigenvalue weighted by molar-refractivity contribution is 9.10. The van der Waals surface area contributed by atoms with E-state index >= 15 is 0 Å². The van der Waals surface area contributed by atoms with Gasteiger partial charge in [-0.2, -0.15) is 0 Å². The van der Waals surface area contributed by atoms with Crippen LogP contribution >= 0.6 is 15.9 Å². The van der Waals surface area contributed by atoms with Crippen LogP contribution in [0.25, 0.3) is 0 Å². The molecule has 4 heteroatoms. The van der Waals surface area contributed by atoms with Gasteiger partial charge in [-0.05, 0) is 52.9 Å². The highest BCUT2D eigenvalue weighted by atomic mass is 79.9. The minimum atomic E-state index is 0.195. The summed E-state index contributed by atoms with van der Waals surface area (Å²) in [5, 5.41) is 3.35. The number of anilines is 1. The van der Waals surface area contributed by atoms with Gasteiger partial charge in [-0.25, -0.2) is 4.98 Å². The number of rotatable bonds is 5. The molecular formula is C12H20BrN3. The smallest absolute Gasteiger partial charge is 0.140 e. The lowest BCUT2D eigenvalue weighted by molar-refractivity contribution is 0.365. The molecule has 0 unspecified atom stereocenters. The Morgan fingerprint density at radius 1 is 1.50 bits per heavy atom. The molecule has 3 N–H and O–H groups in total. The molecule has 0 spiro atoms. The molecule has 0 aliphatic heterocycles. The molecule has 0 atom stereocenters. The van der Waals surface area contributed by atoms with E-state index in [1.165, 1.54) is 0 Å².